The number of ether oxygens (including phenoxy) is 2. The Hall–Kier alpha value is -3.28. The Morgan fingerprint density at radius 2 is 1.52 bits per heavy atom. The van der Waals surface area contributed by atoms with Crippen LogP contribution in [0.15, 0.2) is 60.9 Å². The lowest BCUT2D eigenvalue weighted by Gasteiger charge is -2.11. The fourth-order valence-corrected chi connectivity index (χ4v) is 2.71. The maximum absolute atomic E-state index is 5.35. The normalized spacial score (nSPS) is 10.3. The van der Waals surface area contributed by atoms with Crippen LogP contribution in [-0.2, 0) is 13.0 Å². The molecule has 0 atom stereocenters. The molecule has 0 aliphatic heterocycles. The fraction of sp³-hybridized carbons (Fsp3) is 0.238. The molecule has 6 heteroatoms. The summed E-state index contributed by atoms with van der Waals surface area (Å²) in [6.07, 6.45) is 2.41. The first-order chi connectivity index (χ1) is 13.3. The van der Waals surface area contributed by atoms with Gasteiger partial charge in [0.1, 0.15) is 18.0 Å². The third kappa shape index (κ3) is 5.34. The summed E-state index contributed by atoms with van der Waals surface area (Å²) in [5.74, 6) is 3.06. The van der Waals surface area contributed by atoms with Crippen LogP contribution in [0.4, 0.5) is 11.6 Å². The van der Waals surface area contributed by atoms with Gasteiger partial charge < -0.3 is 20.1 Å². The number of aromatic nitrogens is 2. The molecule has 1 heterocycles. The molecule has 140 valence electrons. The summed E-state index contributed by atoms with van der Waals surface area (Å²) in [7, 11) is 3.28. The smallest absolute Gasteiger partial charge is 0.160 e. The Morgan fingerprint density at radius 1 is 0.778 bits per heavy atom. The highest BCUT2D eigenvalue weighted by Gasteiger charge is 2.05. The van der Waals surface area contributed by atoms with E-state index in [1.165, 1.54) is 5.56 Å². The number of hydrogen-bond donors (Lipinski definition) is 2. The number of hydrogen-bond acceptors (Lipinski definition) is 6. The van der Waals surface area contributed by atoms with Crippen LogP contribution in [0.2, 0.25) is 0 Å². The molecule has 0 radical (unpaired) electrons. The van der Waals surface area contributed by atoms with Crippen LogP contribution in [-0.4, -0.2) is 30.7 Å². The van der Waals surface area contributed by atoms with Gasteiger partial charge in [0, 0.05) is 19.2 Å². The molecule has 0 amide bonds. The summed E-state index contributed by atoms with van der Waals surface area (Å²) in [6, 6.07) is 18.1. The number of rotatable bonds is 9. The molecule has 0 bridgehead atoms. The van der Waals surface area contributed by atoms with Gasteiger partial charge in [-0.1, -0.05) is 36.4 Å². The maximum atomic E-state index is 5.35. The van der Waals surface area contributed by atoms with Gasteiger partial charge in [0.2, 0.25) is 0 Å². The van der Waals surface area contributed by atoms with E-state index in [1.807, 2.05) is 42.5 Å². The Labute approximate surface area is 159 Å². The molecule has 3 aromatic rings. The van der Waals surface area contributed by atoms with E-state index in [0.717, 1.165) is 48.2 Å². The second kappa shape index (κ2) is 9.43. The average Bonchev–Trinajstić information content (AvgIpc) is 2.73. The summed E-state index contributed by atoms with van der Waals surface area (Å²) in [5.41, 5.74) is 2.37. The van der Waals surface area contributed by atoms with Crippen LogP contribution in [0.5, 0.6) is 11.5 Å². The molecule has 2 N–H and O–H groups in total. The van der Waals surface area contributed by atoms with Crippen LogP contribution in [0.3, 0.4) is 0 Å². The molecule has 0 aliphatic rings. The molecule has 0 spiro atoms. The van der Waals surface area contributed by atoms with Gasteiger partial charge in [-0.3, -0.25) is 0 Å². The van der Waals surface area contributed by atoms with Crippen molar-refractivity contribution in [2.75, 3.05) is 31.4 Å². The van der Waals surface area contributed by atoms with E-state index >= 15 is 0 Å². The van der Waals surface area contributed by atoms with E-state index in [9.17, 15) is 0 Å². The Kier molecular flexibility index (Phi) is 6.46. The standard InChI is InChI=1S/C21H24N4O2/c1-26-18-9-8-16(12-19(18)27-2)10-11-22-20-13-21(25-15-24-20)23-14-17-6-4-3-5-7-17/h3-9,12-13,15H,10-11,14H2,1-2H3,(H2,22,23,24,25). The quantitative estimate of drug-likeness (QED) is 0.603. The number of anilines is 2. The van der Waals surface area contributed by atoms with Crippen molar-refractivity contribution in [2.24, 2.45) is 0 Å². The average molecular weight is 364 g/mol. The van der Waals surface area contributed by atoms with Crippen molar-refractivity contribution >= 4 is 11.6 Å². The minimum atomic E-state index is 0.725. The first-order valence-electron chi connectivity index (χ1n) is 8.83. The van der Waals surface area contributed by atoms with E-state index in [4.69, 9.17) is 9.47 Å². The van der Waals surface area contributed by atoms with E-state index in [0.29, 0.717) is 0 Å². The van der Waals surface area contributed by atoms with E-state index in [1.54, 1.807) is 20.5 Å². The van der Waals surface area contributed by atoms with Crippen LogP contribution in [0, 0.1) is 0 Å². The van der Waals surface area contributed by atoms with Crippen LogP contribution in [0.1, 0.15) is 11.1 Å². The predicted molar refractivity (Wildman–Crippen MR) is 108 cm³/mol. The molecular formula is C21H24N4O2. The Morgan fingerprint density at radius 3 is 2.26 bits per heavy atom. The fourth-order valence-electron chi connectivity index (χ4n) is 2.71. The van der Waals surface area contributed by atoms with E-state index < -0.39 is 0 Å². The molecule has 0 unspecified atom stereocenters. The monoisotopic (exact) mass is 364 g/mol. The zero-order valence-electron chi connectivity index (χ0n) is 15.6. The molecule has 27 heavy (non-hydrogen) atoms. The zero-order valence-corrected chi connectivity index (χ0v) is 15.6. The molecule has 0 fully saturated rings. The second-order valence-corrected chi connectivity index (χ2v) is 5.99. The summed E-state index contributed by atoms with van der Waals surface area (Å²) in [4.78, 5) is 8.55. The highest BCUT2D eigenvalue weighted by molar-refractivity contribution is 5.47. The van der Waals surface area contributed by atoms with Gasteiger partial charge >= 0.3 is 0 Å². The molecule has 0 saturated carbocycles. The van der Waals surface area contributed by atoms with Crippen molar-refractivity contribution < 1.29 is 9.47 Å². The number of methoxy groups -OCH3 is 2. The molecule has 2 aromatic carbocycles. The minimum absolute atomic E-state index is 0.725. The molecule has 0 saturated heterocycles. The van der Waals surface area contributed by atoms with Gasteiger partial charge in [0.25, 0.3) is 0 Å². The van der Waals surface area contributed by atoms with Crippen LogP contribution >= 0.6 is 0 Å². The van der Waals surface area contributed by atoms with Crippen LogP contribution in [0.25, 0.3) is 0 Å². The Bertz CT molecular complexity index is 856. The molecule has 0 aliphatic carbocycles. The third-order valence-electron chi connectivity index (χ3n) is 4.15. The number of nitrogens with zero attached hydrogens (tertiary/aromatic N) is 2. The van der Waals surface area contributed by atoms with Gasteiger partial charge in [-0.2, -0.15) is 0 Å². The molecule has 3 rings (SSSR count). The molecular weight excluding hydrogens is 340 g/mol. The minimum Gasteiger partial charge on any atom is -0.493 e. The number of nitrogens with one attached hydrogen (secondary N) is 2. The van der Waals surface area contributed by atoms with Crippen molar-refractivity contribution in [1.82, 2.24) is 9.97 Å². The number of benzene rings is 2. The third-order valence-corrected chi connectivity index (χ3v) is 4.15. The molecule has 1 aromatic heterocycles. The topological polar surface area (TPSA) is 68.3 Å². The van der Waals surface area contributed by atoms with E-state index in [-0.39, 0.29) is 0 Å². The SMILES string of the molecule is COc1ccc(CCNc2cc(NCc3ccccc3)ncn2)cc1OC. The first-order valence-corrected chi connectivity index (χ1v) is 8.83. The highest BCUT2D eigenvalue weighted by Crippen LogP contribution is 2.27. The maximum Gasteiger partial charge on any atom is 0.160 e. The Balaban J connectivity index is 1.52. The van der Waals surface area contributed by atoms with Crippen molar-refractivity contribution in [3.05, 3.63) is 72.1 Å². The lowest BCUT2D eigenvalue weighted by atomic mass is 10.1. The first kappa shape index (κ1) is 18.5. The lowest BCUT2D eigenvalue weighted by Crippen LogP contribution is -2.08. The summed E-state index contributed by atoms with van der Waals surface area (Å²) in [6.45, 7) is 1.48. The zero-order chi connectivity index (χ0) is 18.9. The van der Waals surface area contributed by atoms with Crippen molar-refractivity contribution in [2.45, 2.75) is 13.0 Å². The molecule has 6 nitrogen and oxygen atoms in total. The van der Waals surface area contributed by atoms with Gasteiger partial charge in [-0.25, -0.2) is 9.97 Å². The second-order valence-electron chi connectivity index (χ2n) is 5.99. The van der Waals surface area contributed by atoms with Gasteiger partial charge in [-0.05, 0) is 29.7 Å². The van der Waals surface area contributed by atoms with Gasteiger partial charge in [0.05, 0.1) is 14.2 Å². The van der Waals surface area contributed by atoms with Crippen molar-refractivity contribution in [3.8, 4) is 11.5 Å². The van der Waals surface area contributed by atoms with Gasteiger partial charge in [0.15, 0.2) is 11.5 Å². The largest absolute Gasteiger partial charge is 0.493 e. The summed E-state index contributed by atoms with van der Waals surface area (Å²) < 4.78 is 10.6. The van der Waals surface area contributed by atoms with Crippen molar-refractivity contribution in [3.63, 3.8) is 0 Å². The van der Waals surface area contributed by atoms with Crippen molar-refractivity contribution in [1.29, 1.82) is 0 Å². The van der Waals surface area contributed by atoms with E-state index in [2.05, 4.69) is 32.7 Å². The summed E-state index contributed by atoms with van der Waals surface area (Å²) in [5, 5.41) is 6.65. The van der Waals surface area contributed by atoms with Gasteiger partial charge in [-0.15, -0.1) is 0 Å². The lowest BCUT2D eigenvalue weighted by molar-refractivity contribution is 0.354. The predicted octanol–water partition coefficient (Wildman–Crippen LogP) is 3.76. The highest BCUT2D eigenvalue weighted by atomic mass is 16.5. The summed E-state index contributed by atoms with van der Waals surface area (Å²) >= 11 is 0. The van der Waals surface area contributed by atoms with Crippen LogP contribution < -0.4 is 20.1 Å².